The highest BCUT2D eigenvalue weighted by atomic mass is 32.2. The molecule has 6 rings (SSSR count). The van der Waals surface area contributed by atoms with E-state index in [0.717, 1.165) is 11.6 Å². The molecule has 0 radical (unpaired) electrons. The SMILES string of the molecule is COc1ccccc1Oc1c(OCCOC(=O)Oc2cccc(CON(O)O)c2)nc(-c2ccnc(-c3nnnn3C(C)OC(=O)OCCCCCON(O)O)c2)nc1N(C(C)OC(=O)OCCOCCON(O)O)S(=O)(=O)c1ccc(C)cn1. The Morgan fingerprint density at radius 3 is 2.13 bits per heavy atom. The molecule has 0 amide bonds. The molecule has 0 saturated heterocycles. The Balaban J connectivity index is 1.40. The first-order valence-corrected chi connectivity index (χ1v) is 26.4. The maximum atomic E-state index is 15.2. The van der Waals surface area contributed by atoms with Gasteiger partial charge in [-0.05, 0) is 104 Å². The number of anilines is 1. The maximum Gasteiger partial charge on any atom is 0.513 e. The highest BCUT2D eigenvalue weighted by molar-refractivity contribution is 7.92. The van der Waals surface area contributed by atoms with E-state index in [0.29, 0.717) is 34.7 Å². The molecule has 6 N–H and O–H groups in total. The molecule has 0 aliphatic carbocycles. The number of methoxy groups -OCH3 is 1. The van der Waals surface area contributed by atoms with Crippen LogP contribution in [-0.4, -0.2) is 181 Å². The van der Waals surface area contributed by atoms with Gasteiger partial charge in [0.1, 0.15) is 31.3 Å². The second-order valence-electron chi connectivity index (χ2n) is 16.8. The van der Waals surface area contributed by atoms with Crippen molar-refractivity contribution in [1.82, 2.24) is 56.3 Å². The molecule has 85 heavy (non-hydrogen) atoms. The van der Waals surface area contributed by atoms with Crippen LogP contribution in [0.1, 0.15) is 50.5 Å². The van der Waals surface area contributed by atoms with E-state index in [1.165, 1.54) is 81.0 Å². The third kappa shape index (κ3) is 20.6. The quantitative estimate of drug-likeness (QED) is 0.00737. The van der Waals surface area contributed by atoms with Gasteiger partial charge in [0.05, 0.1) is 62.9 Å². The Morgan fingerprint density at radius 1 is 0.694 bits per heavy atom. The summed E-state index contributed by atoms with van der Waals surface area (Å²) in [5, 5.41) is 62.5. The van der Waals surface area contributed by atoms with Gasteiger partial charge in [-0.3, -0.25) is 41.1 Å². The lowest BCUT2D eigenvalue weighted by Crippen LogP contribution is -2.43. The average Bonchev–Trinajstić information content (AvgIpc) is 2.29. The minimum atomic E-state index is -5.05. The van der Waals surface area contributed by atoms with Crippen LogP contribution < -0.4 is 23.3 Å². The number of unbranched alkanes of at least 4 members (excludes halogenated alkanes) is 2. The third-order valence-electron chi connectivity index (χ3n) is 10.7. The summed E-state index contributed by atoms with van der Waals surface area (Å²) in [5.74, 6) is -2.14. The zero-order valence-electron chi connectivity index (χ0n) is 45.5. The van der Waals surface area contributed by atoms with Gasteiger partial charge in [0.15, 0.2) is 40.6 Å². The van der Waals surface area contributed by atoms with Crippen molar-refractivity contribution < 1.29 is 116 Å². The number of para-hydroxylation sites is 2. The van der Waals surface area contributed by atoms with Crippen LogP contribution in [0.4, 0.5) is 20.2 Å². The fourth-order valence-electron chi connectivity index (χ4n) is 7.00. The van der Waals surface area contributed by atoms with Crippen LogP contribution in [-0.2, 0) is 59.6 Å². The molecule has 4 heterocycles. The molecular formula is C48H58N12O24S. The summed E-state index contributed by atoms with van der Waals surface area (Å²) in [4.78, 5) is 70.6. The van der Waals surface area contributed by atoms with Crippen molar-refractivity contribution in [2.24, 2.45) is 0 Å². The van der Waals surface area contributed by atoms with Gasteiger partial charge in [0.2, 0.25) is 11.6 Å². The molecule has 4 aromatic heterocycles. The van der Waals surface area contributed by atoms with Crippen molar-refractivity contribution in [2.45, 2.75) is 64.1 Å². The van der Waals surface area contributed by atoms with Gasteiger partial charge in [-0.15, -0.1) is 5.10 Å². The number of benzene rings is 2. The lowest BCUT2D eigenvalue weighted by molar-refractivity contribution is -0.497. The van der Waals surface area contributed by atoms with Crippen LogP contribution in [0.15, 0.2) is 90.2 Å². The van der Waals surface area contributed by atoms with E-state index in [1.807, 2.05) is 0 Å². The van der Waals surface area contributed by atoms with Crippen molar-refractivity contribution >= 4 is 34.3 Å². The number of sulfonamides is 1. The number of aromatic nitrogens is 8. The summed E-state index contributed by atoms with van der Waals surface area (Å²) in [5.41, 5.74) is 1.02. The van der Waals surface area contributed by atoms with Gasteiger partial charge in [-0.2, -0.15) is 18.1 Å². The second kappa shape index (κ2) is 33.0. The van der Waals surface area contributed by atoms with Crippen LogP contribution in [0.5, 0.6) is 28.9 Å². The first-order valence-electron chi connectivity index (χ1n) is 25.0. The molecule has 0 aliphatic heterocycles. The van der Waals surface area contributed by atoms with E-state index in [1.54, 1.807) is 25.1 Å². The van der Waals surface area contributed by atoms with Gasteiger partial charge < -0.3 is 47.4 Å². The van der Waals surface area contributed by atoms with Crippen molar-refractivity contribution in [3.05, 3.63) is 96.3 Å². The molecule has 2 aromatic carbocycles. The molecule has 2 atom stereocenters. The Morgan fingerprint density at radius 2 is 1.39 bits per heavy atom. The fraction of sp³-hybridized carbons (Fsp3) is 0.375. The smallest absolute Gasteiger partial charge is 0.493 e. The Bertz CT molecular complexity index is 3200. The summed E-state index contributed by atoms with van der Waals surface area (Å²) >= 11 is 0. The van der Waals surface area contributed by atoms with Gasteiger partial charge in [0.25, 0.3) is 15.9 Å². The van der Waals surface area contributed by atoms with E-state index in [9.17, 15) is 14.4 Å². The summed E-state index contributed by atoms with van der Waals surface area (Å²) in [6.45, 7) is 1.62. The van der Waals surface area contributed by atoms with Gasteiger partial charge >= 0.3 is 18.5 Å². The highest BCUT2D eigenvalue weighted by Gasteiger charge is 2.39. The van der Waals surface area contributed by atoms with Crippen molar-refractivity contribution in [3.8, 4) is 51.8 Å². The number of nitrogens with zero attached hydrogens (tertiary/aromatic N) is 12. The monoisotopic (exact) mass is 1220 g/mol. The van der Waals surface area contributed by atoms with Crippen LogP contribution in [0.25, 0.3) is 22.9 Å². The fourth-order valence-corrected chi connectivity index (χ4v) is 8.41. The van der Waals surface area contributed by atoms with E-state index in [2.05, 4.69) is 45.0 Å². The molecule has 37 heteroatoms. The summed E-state index contributed by atoms with van der Waals surface area (Å²) in [7, 11) is -3.72. The van der Waals surface area contributed by atoms with E-state index in [4.69, 9.17) is 83.6 Å². The number of hydrogen-bond acceptors (Lipinski definition) is 34. The summed E-state index contributed by atoms with van der Waals surface area (Å²) in [6.07, 6.45) is -2.95. The number of pyridine rings is 2. The first kappa shape index (κ1) is 65.5. The Labute approximate surface area is 481 Å². The molecule has 0 aliphatic rings. The molecule has 0 bridgehead atoms. The number of hydrogen-bond donors (Lipinski definition) is 6. The molecule has 6 aromatic rings. The standard InChI is InChI=1S/C48H58N12O24S/c1-31-15-16-40(50-29-31)85(70,71)57(33(3)82-47(62)76-23-21-73-22-26-79-59(66)67)44-41(84-39-14-7-6-13-38(39)72-4)45(74-24-25-77-48(63)83-36-12-10-11-34(27-36)30-80-60(68)69)52-42(51-44)35-17-18-49-37(28-35)43-53-54-55-56(43)32(2)81-46(61)75-19-8-5-9-20-78-58(64)65/h6-7,10-18,27-29,32-33,64-69H,5,8-9,19-26,30H2,1-4H3. The molecule has 0 fully saturated rings. The topological polar surface area (TPSA) is 435 Å². The van der Waals surface area contributed by atoms with Gasteiger partial charge in [-0.25, -0.2) is 38.3 Å². The lowest BCUT2D eigenvalue weighted by Gasteiger charge is -2.30. The number of carbonyl (C=O) groups excluding carboxylic acids is 3. The average molecular weight is 1220 g/mol. The van der Waals surface area contributed by atoms with Crippen LogP contribution in [0.3, 0.4) is 0 Å². The predicted molar refractivity (Wildman–Crippen MR) is 274 cm³/mol. The molecule has 2 unspecified atom stereocenters. The van der Waals surface area contributed by atoms with Crippen LogP contribution in [0.2, 0.25) is 0 Å². The zero-order chi connectivity index (χ0) is 61.3. The Kier molecular flexibility index (Phi) is 25.4. The summed E-state index contributed by atoms with van der Waals surface area (Å²) < 4.78 is 87.5. The first-order chi connectivity index (χ1) is 40.8. The van der Waals surface area contributed by atoms with Crippen LogP contribution in [0, 0.1) is 6.92 Å². The third-order valence-corrected chi connectivity index (χ3v) is 12.5. The normalized spacial score (nSPS) is 12.2. The molecular weight excluding hydrogens is 1160 g/mol. The van der Waals surface area contributed by atoms with Crippen molar-refractivity contribution in [2.75, 3.05) is 64.3 Å². The van der Waals surface area contributed by atoms with Crippen molar-refractivity contribution in [3.63, 3.8) is 0 Å². The lowest BCUT2D eigenvalue weighted by atomic mass is 10.2. The minimum Gasteiger partial charge on any atom is -0.493 e. The number of rotatable bonds is 34. The molecule has 0 saturated carbocycles. The second-order valence-corrected chi connectivity index (χ2v) is 18.6. The zero-order valence-corrected chi connectivity index (χ0v) is 46.3. The minimum absolute atomic E-state index is 0.000623. The number of ether oxygens (including phenoxy) is 10. The number of aryl methyl sites for hydroxylation is 1. The number of carbonyl (C=O) groups is 3. The van der Waals surface area contributed by atoms with Crippen molar-refractivity contribution in [1.29, 1.82) is 0 Å². The Hall–Kier alpha value is -8.67. The molecule has 0 spiro atoms. The van der Waals surface area contributed by atoms with Gasteiger partial charge in [0, 0.05) is 18.0 Å². The molecule has 36 nitrogen and oxygen atoms in total. The van der Waals surface area contributed by atoms with E-state index < -0.39 is 99.4 Å². The largest absolute Gasteiger partial charge is 0.513 e. The number of tetrazole rings is 1. The van der Waals surface area contributed by atoms with Gasteiger partial charge in [-0.1, -0.05) is 30.3 Å². The van der Waals surface area contributed by atoms with Crippen LogP contribution >= 0.6 is 0 Å². The molecule has 460 valence electrons. The summed E-state index contributed by atoms with van der Waals surface area (Å²) in [6, 6.07) is 17.4. The van der Waals surface area contributed by atoms with E-state index >= 15 is 8.42 Å². The maximum absolute atomic E-state index is 15.2. The van der Waals surface area contributed by atoms with E-state index in [-0.39, 0.29) is 79.8 Å². The highest BCUT2D eigenvalue weighted by Crippen LogP contribution is 2.45. The predicted octanol–water partition coefficient (Wildman–Crippen LogP) is 5.38.